The normalized spacial score (nSPS) is 23.3. The van der Waals surface area contributed by atoms with Crippen molar-refractivity contribution < 1.29 is 13.2 Å². The summed E-state index contributed by atoms with van der Waals surface area (Å²) in [7, 11) is -3.23. The van der Waals surface area contributed by atoms with Crippen LogP contribution in [0.3, 0.4) is 0 Å². The third-order valence-corrected chi connectivity index (χ3v) is 10.0. The van der Waals surface area contributed by atoms with Crippen molar-refractivity contribution >= 4 is 32.2 Å². The second-order valence-corrected chi connectivity index (χ2v) is 13.7. The van der Waals surface area contributed by atoms with Crippen molar-refractivity contribution in [1.29, 1.82) is 0 Å². The van der Waals surface area contributed by atoms with Gasteiger partial charge in [0.2, 0.25) is 5.91 Å². The molecule has 1 aliphatic heterocycles. The van der Waals surface area contributed by atoms with Gasteiger partial charge in [0, 0.05) is 18.0 Å². The number of benzene rings is 1. The summed E-state index contributed by atoms with van der Waals surface area (Å²) in [6.45, 7) is 10.6. The first-order chi connectivity index (χ1) is 16.2. The van der Waals surface area contributed by atoms with E-state index in [2.05, 4.69) is 31.0 Å². The van der Waals surface area contributed by atoms with E-state index in [1.165, 1.54) is 30.6 Å². The smallest absolute Gasteiger partial charge is 0.230 e. The number of thiazole rings is 1. The minimum absolute atomic E-state index is 0.0657. The molecule has 1 atom stereocenters. The number of fused-ring (bicyclic) bond motifs is 1. The van der Waals surface area contributed by atoms with Crippen LogP contribution < -0.4 is 5.32 Å². The number of carbonyl (C=O) groups is 1. The third-order valence-electron chi connectivity index (χ3n) is 7.28. The lowest BCUT2D eigenvalue weighted by Crippen LogP contribution is -2.32. The molecule has 2 aromatic rings. The van der Waals surface area contributed by atoms with Gasteiger partial charge in [-0.2, -0.15) is 0 Å². The standard InChI is InChI=1S/C26H37N3O3S2/c1-5-34(31,32)21-12-10-19(11-13-21)14-23(30)27-26-28-24-22(33-26)16-29(25(24)17(2)3)15-20-8-6-18(4)7-9-20/h10-13,17-18,20,25H,5-9,14-16H2,1-4H3,(H,27,28,30)/t18?,20?,25-/m0/s1. The van der Waals surface area contributed by atoms with Crippen molar-refractivity contribution in [3.05, 3.63) is 40.4 Å². The van der Waals surface area contributed by atoms with Crippen molar-refractivity contribution in [2.75, 3.05) is 17.6 Å². The van der Waals surface area contributed by atoms with Crippen LogP contribution in [0.4, 0.5) is 5.13 Å². The van der Waals surface area contributed by atoms with Crippen LogP contribution in [0.5, 0.6) is 0 Å². The Labute approximate surface area is 208 Å². The lowest BCUT2D eigenvalue weighted by molar-refractivity contribution is -0.115. The molecule has 0 unspecified atom stereocenters. The van der Waals surface area contributed by atoms with Gasteiger partial charge in [-0.25, -0.2) is 13.4 Å². The zero-order valence-electron chi connectivity index (χ0n) is 20.7. The molecule has 1 amide bonds. The van der Waals surface area contributed by atoms with Crippen molar-refractivity contribution in [3.8, 4) is 0 Å². The highest BCUT2D eigenvalue weighted by Crippen LogP contribution is 2.43. The lowest BCUT2D eigenvalue weighted by Gasteiger charge is -2.34. The van der Waals surface area contributed by atoms with E-state index in [-0.39, 0.29) is 18.1 Å². The predicted molar refractivity (Wildman–Crippen MR) is 138 cm³/mol. The minimum atomic E-state index is -3.23. The van der Waals surface area contributed by atoms with E-state index in [1.807, 2.05) is 0 Å². The van der Waals surface area contributed by atoms with Gasteiger partial charge in [0.1, 0.15) is 0 Å². The van der Waals surface area contributed by atoms with E-state index in [9.17, 15) is 13.2 Å². The highest BCUT2D eigenvalue weighted by molar-refractivity contribution is 7.91. The maximum absolute atomic E-state index is 12.6. The molecule has 8 heteroatoms. The van der Waals surface area contributed by atoms with E-state index in [1.54, 1.807) is 42.5 Å². The maximum atomic E-state index is 12.6. The summed E-state index contributed by atoms with van der Waals surface area (Å²) in [6, 6.07) is 6.89. The number of anilines is 1. The monoisotopic (exact) mass is 503 g/mol. The van der Waals surface area contributed by atoms with Crippen molar-refractivity contribution in [3.63, 3.8) is 0 Å². The van der Waals surface area contributed by atoms with Gasteiger partial charge in [-0.1, -0.05) is 52.7 Å². The van der Waals surface area contributed by atoms with Gasteiger partial charge >= 0.3 is 0 Å². The zero-order valence-corrected chi connectivity index (χ0v) is 22.3. The summed E-state index contributed by atoms with van der Waals surface area (Å²) in [5.74, 6) is 2.05. The van der Waals surface area contributed by atoms with Gasteiger partial charge in [-0.15, -0.1) is 11.3 Å². The number of hydrogen-bond donors (Lipinski definition) is 1. The second kappa shape index (κ2) is 10.5. The SMILES string of the molecule is CCS(=O)(=O)c1ccc(CC(=O)Nc2nc3c(s2)CN(CC2CCC(C)CC2)[C@H]3C(C)C)cc1. The van der Waals surface area contributed by atoms with E-state index in [0.717, 1.165) is 36.2 Å². The topological polar surface area (TPSA) is 79.4 Å². The van der Waals surface area contributed by atoms with Crippen molar-refractivity contribution in [2.24, 2.45) is 17.8 Å². The van der Waals surface area contributed by atoms with Crippen LogP contribution in [-0.4, -0.2) is 36.5 Å². The first kappa shape index (κ1) is 25.3. The van der Waals surface area contributed by atoms with Crippen molar-refractivity contribution in [2.45, 2.75) is 77.3 Å². The Balaban J connectivity index is 1.37. The third kappa shape index (κ3) is 5.71. The highest BCUT2D eigenvalue weighted by atomic mass is 32.2. The summed E-state index contributed by atoms with van der Waals surface area (Å²) in [4.78, 5) is 21.7. The number of sulfone groups is 1. The molecule has 186 valence electrons. The fourth-order valence-corrected chi connectivity index (χ4v) is 7.23. The average Bonchev–Trinajstić information content (AvgIpc) is 3.31. The fraction of sp³-hybridized carbons (Fsp3) is 0.615. The molecule has 1 fully saturated rings. The van der Waals surface area contributed by atoms with Crippen LogP contribution in [0.15, 0.2) is 29.2 Å². The molecule has 2 heterocycles. The quantitative estimate of drug-likeness (QED) is 0.518. The Bertz CT molecular complexity index is 1100. The largest absolute Gasteiger partial charge is 0.302 e. The Morgan fingerprint density at radius 1 is 1.18 bits per heavy atom. The number of rotatable bonds is 8. The summed E-state index contributed by atoms with van der Waals surface area (Å²) < 4.78 is 24.0. The van der Waals surface area contributed by atoms with Crippen molar-refractivity contribution in [1.82, 2.24) is 9.88 Å². The average molecular weight is 504 g/mol. The first-order valence-corrected chi connectivity index (χ1v) is 15.0. The van der Waals surface area contributed by atoms with Crippen LogP contribution in [0.1, 0.15) is 75.6 Å². The Morgan fingerprint density at radius 3 is 2.47 bits per heavy atom. The molecule has 0 saturated heterocycles. The molecule has 0 bridgehead atoms. The van der Waals surface area contributed by atoms with Crippen LogP contribution in [-0.2, 0) is 27.6 Å². The molecule has 34 heavy (non-hydrogen) atoms. The van der Waals surface area contributed by atoms with Crippen LogP contribution in [0.2, 0.25) is 0 Å². The van der Waals surface area contributed by atoms with Crippen LogP contribution in [0, 0.1) is 17.8 Å². The molecule has 1 aromatic carbocycles. The molecular weight excluding hydrogens is 466 g/mol. The van der Waals surface area contributed by atoms with Crippen LogP contribution in [0.25, 0.3) is 0 Å². The summed E-state index contributed by atoms with van der Waals surface area (Å²) >= 11 is 1.59. The molecule has 0 spiro atoms. The highest BCUT2D eigenvalue weighted by Gasteiger charge is 2.37. The maximum Gasteiger partial charge on any atom is 0.230 e. The van der Waals surface area contributed by atoms with Gasteiger partial charge in [-0.3, -0.25) is 9.69 Å². The molecular formula is C26H37N3O3S2. The molecule has 1 N–H and O–H groups in total. The number of carbonyl (C=O) groups excluding carboxylic acids is 1. The van der Waals surface area contributed by atoms with E-state index >= 15 is 0 Å². The number of aromatic nitrogens is 1. The Kier molecular flexibility index (Phi) is 7.79. The molecule has 1 saturated carbocycles. The molecule has 1 aromatic heterocycles. The Hall–Kier alpha value is -1.77. The first-order valence-electron chi connectivity index (χ1n) is 12.5. The van der Waals surface area contributed by atoms with Crippen LogP contribution >= 0.6 is 11.3 Å². The van der Waals surface area contributed by atoms with Gasteiger partial charge in [-0.05, 0) is 48.3 Å². The van der Waals surface area contributed by atoms with E-state index in [4.69, 9.17) is 4.98 Å². The van der Waals surface area contributed by atoms with E-state index < -0.39 is 9.84 Å². The lowest BCUT2D eigenvalue weighted by atomic mass is 9.82. The second-order valence-electron chi connectivity index (χ2n) is 10.3. The van der Waals surface area contributed by atoms with Gasteiger partial charge in [0.25, 0.3) is 0 Å². The number of hydrogen-bond acceptors (Lipinski definition) is 6. The number of nitrogens with one attached hydrogen (secondary N) is 1. The molecule has 6 nitrogen and oxygen atoms in total. The van der Waals surface area contributed by atoms with Gasteiger partial charge in [0.15, 0.2) is 15.0 Å². The van der Waals surface area contributed by atoms with E-state index in [0.29, 0.717) is 22.0 Å². The molecule has 0 radical (unpaired) electrons. The fourth-order valence-electron chi connectivity index (χ4n) is 5.31. The summed E-state index contributed by atoms with van der Waals surface area (Å²) in [6.07, 6.45) is 5.54. The molecule has 2 aliphatic rings. The number of nitrogens with zero attached hydrogens (tertiary/aromatic N) is 2. The zero-order chi connectivity index (χ0) is 24.5. The molecule has 1 aliphatic carbocycles. The number of amides is 1. The van der Waals surface area contributed by atoms with Gasteiger partial charge < -0.3 is 5.32 Å². The summed E-state index contributed by atoms with van der Waals surface area (Å²) in [5.41, 5.74) is 1.92. The predicted octanol–water partition coefficient (Wildman–Crippen LogP) is 5.46. The van der Waals surface area contributed by atoms with Gasteiger partial charge in [0.05, 0.1) is 28.8 Å². The summed E-state index contributed by atoms with van der Waals surface area (Å²) in [5, 5.41) is 3.63. The minimum Gasteiger partial charge on any atom is -0.302 e. The Morgan fingerprint density at radius 2 is 1.85 bits per heavy atom. The molecule has 4 rings (SSSR count).